The van der Waals surface area contributed by atoms with Crippen molar-refractivity contribution < 1.29 is 4.74 Å². The summed E-state index contributed by atoms with van der Waals surface area (Å²) in [5.74, 6) is 1.75. The van der Waals surface area contributed by atoms with Gasteiger partial charge in [0.25, 0.3) is 0 Å². The Bertz CT molecular complexity index is 592. The third-order valence-electron chi connectivity index (χ3n) is 4.14. The molecule has 142 valence electrons. The maximum absolute atomic E-state index is 12.3. The Labute approximate surface area is 149 Å². The number of aryl methyl sites for hydroxylation is 2. The molecule has 0 fully saturated rings. The monoisotopic (exact) mass is 352 g/mol. The van der Waals surface area contributed by atoms with Crippen LogP contribution in [0.3, 0.4) is 0 Å². The fourth-order valence-electron chi connectivity index (χ4n) is 2.87. The van der Waals surface area contributed by atoms with E-state index >= 15 is 0 Å². The van der Waals surface area contributed by atoms with E-state index in [0.717, 1.165) is 76.7 Å². The van der Waals surface area contributed by atoms with Crippen LogP contribution in [-0.2, 0) is 24.2 Å². The topological polar surface area (TPSA) is 85.5 Å². The molecule has 1 aromatic rings. The Balaban J connectivity index is 1.75. The fraction of sp³-hybridized carbons (Fsp3) is 0.824. The molecule has 1 aromatic heterocycles. The van der Waals surface area contributed by atoms with Crippen molar-refractivity contribution in [1.82, 2.24) is 25.0 Å². The van der Waals surface area contributed by atoms with Gasteiger partial charge in [0.2, 0.25) is 0 Å². The molecule has 0 unspecified atom stereocenters. The molecule has 8 heteroatoms. The van der Waals surface area contributed by atoms with Crippen LogP contribution in [0.25, 0.3) is 0 Å². The van der Waals surface area contributed by atoms with Crippen LogP contribution >= 0.6 is 0 Å². The zero-order valence-electron chi connectivity index (χ0n) is 15.6. The molecule has 0 bridgehead atoms. The molecule has 0 saturated heterocycles. The summed E-state index contributed by atoms with van der Waals surface area (Å²) in [6, 6.07) is 0. The highest BCUT2D eigenvalue weighted by Crippen LogP contribution is 2.09. The minimum absolute atomic E-state index is 0.0274. The lowest BCUT2D eigenvalue weighted by atomic mass is 10.2. The summed E-state index contributed by atoms with van der Waals surface area (Å²) in [5, 5.41) is 11.0. The molecule has 0 amide bonds. The molecule has 0 spiro atoms. The van der Waals surface area contributed by atoms with Crippen molar-refractivity contribution in [3.05, 3.63) is 16.3 Å². The van der Waals surface area contributed by atoms with Crippen molar-refractivity contribution in [3.8, 4) is 0 Å². The van der Waals surface area contributed by atoms with Crippen molar-refractivity contribution >= 4 is 5.96 Å². The van der Waals surface area contributed by atoms with Gasteiger partial charge in [0.1, 0.15) is 5.82 Å². The molecule has 8 nitrogen and oxygen atoms in total. The van der Waals surface area contributed by atoms with Crippen LogP contribution in [-0.4, -0.2) is 53.2 Å². The second-order valence-electron chi connectivity index (χ2n) is 6.12. The van der Waals surface area contributed by atoms with E-state index in [-0.39, 0.29) is 5.69 Å². The van der Waals surface area contributed by atoms with Crippen LogP contribution in [0.2, 0.25) is 0 Å². The number of aromatic nitrogens is 3. The van der Waals surface area contributed by atoms with Crippen molar-refractivity contribution in [2.75, 3.05) is 32.8 Å². The van der Waals surface area contributed by atoms with Gasteiger partial charge >= 0.3 is 5.69 Å². The summed E-state index contributed by atoms with van der Waals surface area (Å²) >= 11 is 0. The molecule has 1 aliphatic heterocycles. The number of rotatable bonds is 10. The normalized spacial score (nSPS) is 14.4. The van der Waals surface area contributed by atoms with Crippen LogP contribution in [0.5, 0.6) is 0 Å². The number of hydrogen-bond donors (Lipinski definition) is 2. The Morgan fingerprint density at radius 3 is 2.92 bits per heavy atom. The first-order valence-corrected chi connectivity index (χ1v) is 9.52. The number of fused-ring (bicyclic) bond motifs is 1. The van der Waals surface area contributed by atoms with Gasteiger partial charge in [-0.1, -0.05) is 0 Å². The van der Waals surface area contributed by atoms with Crippen molar-refractivity contribution in [2.24, 2.45) is 4.99 Å². The molecular weight excluding hydrogens is 320 g/mol. The summed E-state index contributed by atoms with van der Waals surface area (Å²) < 4.78 is 8.74. The molecule has 2 rings (SSSR count). The van der Waals surface area contributed by atoms with Gasteiger partial charge in [0.15, 0.2) is 5.96 Å². The van der Waals surface area contributed by atoms with Crippen molar-refractivity contribution in [3.63, 3.8) is 0 Å². The fourth-order valence-corrected chi connectivity index (χ4v) is 2.87. The van der Waals surface area contributed by atoms with E-state index in [0.29, 0.717) is 13.1 Å². The van der Waals surface area contributed by atoms with Gasteiger partial charge in [-0.15, -0.1) is 0 Å². The maximum atomic E-state index is 12.3. The summed E-state index contributed by atoms with van der Waals surface area (Å²) in [5.41, 5.74) is 0.0274. The number of nitrogens with one attached hydrogen (secondary N) is 2. The van der Waals surface area contributed by atoms with Crippen molar-refractivity contribution in [2.45, 2.75) is 59.0 Å². The van der Waals surface area contributed by atoms with E-state index in [1.165, 1.54) is 0 Å². The molecule has 2 heterocycles. The highest BCUT2D eigenvalue weighted by Gasteiger charge is 2.15. The number of aliphatic imine (C=N–C) groups is 1. The van der Waals surface area contributed by atoms with Crippen LogP contribution in [0, 0.1) is 0 Å². The van der Waals surface area contributed by atoms with Gasteiger partial charge in [-0.2, -0.15) is 5.10 Å². The summed E-state index contributed by atoms with van der Waals surface area (Å²) in [7, 11) is 0. The Morgan fingerprint density at radius 1 is 1.28 bits per heavy atom. The predicted octanol–water partition coefficient (Wildman–Crippen LogP) is 0.753. The van der Waals surface area contributed by atoms with Crippen LogP contribution in [0.4, 0.5) is 0 Å². The summed E-state index contributed by atoms with van der Waals surface area (Å²) in [6.07, 6.45) is 4.86. The minimum Gasteiger partial charge on any atom is -0.382 e. The third-order valence-corrected chi connectivity index (χ3v) is 4.14. The van der Waals surface area contributed by atoms with Gasteiger partial charge in [-0.25, -0.2) is 9.48 Å². The average molecular weight is 352 g/mol. The molecular formula is C17H32N6O2. The van der Waals surface area contributed by atoms with Crippen LogP contribution in [0.15, 0.2) is 9.79 Å². The van der Waals surface area contributed by atoms with E-state index in [1.54, 1.807) is 4.68 Å². The molecule has 25 heavy (non-hydrogen) atoms. The molecule has 0 aliphatic carbocycles. The van der Waals surface area contributed by atoms with Crippen LogP contribution < -0.4 is 16.3 Å². The first kappa shape index (κ1) is 19.5. The average Bonchev–Trinajstić information content (AvgIpc) is 2.94. The van der Waals surface area contributed by atoms with Gasteiger partial charge in [0, 0.05) is 52.4 Å². The number of nitrogens with zero attached hydrogens (tertiary/aromatic N) is 4. The molecule has 1 aliphatic rings. The highest BCUT2D eigenvalue weighted by atomic mass is 16.5. The Hall–Kier alpha value is -1.83. The summed E-state index contributed by atoms with van der Waals surface area (Å²) in [4.78, 5) is 16.8. The Kier molecular flexibility index (Phi) is 8.51. The second kappa shape index (κ2) is 10.9. The van der Waals surface area contributed by atoms with E-state index in [2.05, 4.69) is 20.7 Å². The van der Waals surface area contributed by atoms with E-state index in [4.69, 9.17) is 4.74 Å². The largest absolute Gasteiger partial charge is 0.382 e. The molecule has 2 N–H and O–H groups in total. The first-order chi connectivity index (χ1) is 12.3. The predicted molar refractivity (Wildman–Crippen MR) is 99.1 cm³/mol. The van der Waals surface area contributed by atoms with Gasteiger partial charge < -0.3 is 15.4 Å². The Morgan fingerprint density at radius 2 is 2.16 bits per heavy atom. The lowest BCUT2D eigenvalue weighted by molar-refractivity contribution is 0.145. The van der Waals surface area contributed by atoms with E-state index in [9.17, 15) is 4.79 Å². The lowest BCUT2D eigenvalue weighted by Crippen LogP contribution is -2.38. The lowest BCUT2D eigenvalue weighted by Gasteiger charge is -2.11. The number of ether oxygens (including phenoxy) is 1. The maximum Gasteiger partial charge on any atom is 0.345 e. The smallest absolute Gasteiger partial charge is 0.345 e. The number of hydrogen-bond acceptors (Lipinski definition) is 4. The molecule has 0 atom stereocenters. The summed E-state index contributed by atoms with van der Waals surface area (Å²) in [6.45, 7) is 9.31. The molecule has 0 aromatic carbocycles. The van der Waals surface area contributed by atoms with E-state index < -0.39 is 0 Å². The van der Waals surface area contributed by atoms with Gasteiger partial charge in [0.05, 0.1) is 0 Å². The van der Waals surface area contributed by atoms with Crippen molar-refractivity contribution in [1.29, 1.82) is 0 Å². The standard InChI is InChI=1S/C17H32N6O2/c1-3-18-16(20-11-8-14-25-4-2)19-10-7-13-23-17(24)22-12-6-5-9-15(22)21-23/h3-14H2,1-2H3,(H2,18,19,20). The molecule has 0 saturated carbocycles. The first-order valence-electron chi connectivity index (χ1n) is 9.52. The number of guanidine groups is 1. The third kappa shape index (κ3) is 6.19. The zero-order valence-corrected chi connectivity index (χ0v) is 15.6. The van der Waals surface area contributed by atoms with E-state index in [1.807, 2.05) is 18.4 Å². The minimum atomic E-state index is 0.0274. The van der Waals surface area contributed by atoms with Gasteiger partial charge in [-0.05, 0) is 39.5 Å². The van der Waals surface area contributed by atoms with Crippen LogP contribution in [0.1, 0.15) is 45.4 Å². The highest BCUT2D eigenvalue weighted by molar-refractivity contribution is 5.79. The zero-order chi connectivity index (χ0) is 17.9. The second-order valence-corrected chi connectivity index (χ2v) is 6.12. The molecule has 0 radical (unpaired) electrons. The quantitative estimate of drug-likeness (QED) is 0.369. The SMILES string of the molecule is CCNC(=NCCCn1nc2n(c1=O)CCCC2)NCCCOCC. The van der Waals surface area contributed by atoms with Gasteiger partial charge in [-0.3, -0.25) is 9.56 Å².